The van der Waals surface area contributed by atoms with E-state index >= 15 is 0 Å². The quantitative estimate of drug-likeness (QED) is 0.285. The normalized spacial score (nSPS) is 12.0. The number of hydrogen-bond acceptors (Lipinski definition) is 6. The molecule has 0 spiro atoms. The van der Waals surface area contributed by atoms with Crippen LogP contribution in [0.25, 0.3) is 22.4 Å². The molecule has 0 aliphatic carbocycles. The summed E-state index contributed by atoms with van der Waals surface area (Å²) in [6, 6.07) is 11.2. The Balaban J connectivity index is 1.32. The van der Waals surface area contributed by atoms with Gasteiger partial charge in [-0.2, -0.15) is 0 Å². The zero-order valence-electron chi connectivity index (χ0n) is 19.5. The van der Waals surface area contributed by atoms with Crippen LogP contribution in [0.4, 0.5) is 0 Å². The standard InChI is InChI=1S/C26H28N2O6/c1-4-18-15-34-25(28-18)17-6-9-23(24(12-17)31-3)33-11-5-10-32-19-7-8-22-20(13-19)21(14-27-22)16(2)26(29)30/h6-9,12-16,27H,4-5,10-11H2,1-3H3,(H,29,30). The van der Waals surface area contributed by atoms with Crippen molar-refractivity contribution >= 4 is 16.9 Å². The molecule has 0 bridgehead atoms. The molecule has 0 amide bonds. The first-order valence-electron chi connectivity index (χ1n) is 11.2. The van der Waals surface area contributed by atoms with Crippen LogP contribution in [-0.4, -0.2) is 41.4 Å². The Kier molecular flexibility index (Phi) is 7.06. The molecule has 0 aliphatic rings. The molecule has 4 aromatic rings. The third-order valence-corrected chi connectivity index (χ3v) is 5.66. The maximum Gasteiger partial charge on any atom is 0.310 e. The van der Waals surface area contributed by atoms with Crippen molar-refractivity contribution in [3.05, 3.63) is 60.1 Å². The number of hydrogen-bond donors (Lipinski definition) is 2. The van der Waals surface area contributed by atoms with Crippen LogP contribution < -0.4 is 14.2 Å². The molecule has 0 saturated carbocycles. The number of carboxylic acid groups (broad SMARTS) is 1. The monoisotopic (exact) mass is 464 g/mol. The van der Waals surface area contributed by atoms with Crippen LogP contribution in [0.5, 0.6) is 17.2 Å². The number of benzene rings is 2. The van der Waals surface area contributed by atoms with Gasteiger partial charge in [-0.1, -0.05) is 6.92 Å². The minimum absolute atomic E-state index is 0.447. The van der Waals surface area contributed by atoms with Crippen LogP contribution in [0.2, 0.25) is 0 Å². The summed E-state index contributed by atoms with van der Waals surface area (Å²) >= 11 is 0. The van der Waals surface area contributed by atoms with Crippen LogP contribution in [0.1, 0.15) is 37.4 Å². The SMILES string of the molecule is CCc1coc(-c2ccc(OCCCOc3ccc4[nH]cc(C(C)C(=O)O)c4c3)c(OC)c2)n1. The van der Waals surface area contributed by atoms with Crippen LogP contribution in [0, 0.1) is 0 Å². The van der Waals surface area contributed by atoms with E-state index in [0.717, 1.165) is 34.1 Å². The topological polar surface area (TPSA) is 107 Å². The number of aliphatic carboxylic acids is 1. The van der Waals surface area contributed by atoms with E-state index in [0.29, 0.717) is 42.8 Å². The molecule has 0 saturated heterocycles. The molecule has 2 aromatic heterocycles. The van der Waals surface area contributed by atoms with E-state index in [1.54, 1.807) is 26.5 Å². The number of aromatic nitrogens is 2. The maximum absolute atomic E-state index is 11.4. The van der Waals surface area contributed by atoms with Gasteiger partial charge in [0.2, 0.25) is 5.89 Å². The Morgan fingerprint density at radius 2 is 1.97 bits per heavy atom. The van der Waals surface area contributed by atoms with Crippen molar-refractivity contribution in [3.8, 4) is 28.7 Å². The number of H-pyrrole nitrogens is 1. The lowest BCUT2D eigenvalue weighted by molar-refractivity contribution is -0.138. The molecule has 4 rings (SSSR count). The fourth-order valence-electron chi connectivity index (χ4n) is 3.66. The number of nitrogens with zero attached hydrogens (tertiary/aromatic N) is 1. The Bertz CT molecular complexity index is 1280. The van der Waals surface area contributed by atoms with Gasteiger partial charge in [0.15, 0.2) is 11.5 Å². The summed E-state index contributed by atoms with van der Waals surface area (Å²) in [6.07, 6.45) is 4.87. The number of aryl methyl sites for hydroxylation is 1. The first-order valence-corrected chi connectivity index (χ1v) is 11.2. The van der Waals surface area contributed by atoms with E-state index in [1.165, 1.54) is 0 Å². The minimum atomic E-state index is -0.862. The number of nitrogens with one attached hydrogen (secondary N) is 1. The highest BCUT2D eigenvalue weighted by Gasteiger charge is 2.18. The highest BCUT2D eigenvalue weighted by molar-refractivity contribution is 5.90. The smallest absolute Gasteiger partial charge is 0.310 e. The summed E-state index contributed by atoms with van der Waals surface area (Å²) in [5, 5.41) is 10.2. The van der Waals surface area contributed by atoms with Crippen LogP contribution >= 0.6 is 0 Å². The molecule has 2 N–H and O–H groups in total. The molecule has 34 heavy (non-hydrogen) atoms. The molecule has 1 unspecified atom stereocenters. The third kappa shape index (κ3) is 5.01. The zero-order valence-corrected chi connectivity index (χ0v) is 19.5. The van der Waals surface area contributed by atoms with Gasteiger partial charge < -0.3 is 28.7 Å². The second kappa shape index (κ2) is 10.3. The van der Waals surface area contributed by atoms with Gasteiger partial charge in [-0.3, -0.25) is 4.79 Å². The Morgan fingerprint density at radius 3 is 2.71 bits per heavy atom. The van der Waals surface area contributed by atoms with E-state index in [2.05, 4.69) is 9.97 Å². The lowest BCUT2D eigenvalue weighted by atomic mass is 10.0. The highest BCUT2D eigenvalue weighted by Crippen LogP contribution is 2.33. The molecule has 2 heterocycles. The first kappa shape index (κ1) is 23.2. The predicted octanol–water partition coefficient (Wildman–Crippen LogP) is 5.43. The van der Waals surface area contributed by atoms with Gasteiger partial charge in [0.1, 0.15) is 12.0 Å². The number of rotatable bonds is 11. The molecule has 2 aromatic carbocycles. The minimum Gasteiger partial charge on any atom is -0.493 e. The molecule has 178 valence electrons. The Hall–Kier alpha value is -3.94. The molecular weight excluding hydrogens is 436 g/mol. The average molecular weight is 465 g/mol. The van der Waals surface area contributed by atoms with Crippen molar-refractivity contribution < 1.29 is 28.5 Å². The maximum atomic E-state index is 11.4. The molecule has 1 atom stereocenters. The van der Waals surface area contributed by atoms with Crippen molar-refractivity contribution in [2.24, 2.45) is 0 Å². The second-order valence-electron chi connectivity index (χ2n) is 7.92. The largest absolute Gasteiger partial charge is 0.493 e. The number of aromatic amines is 1. The second-order valence-corrected chi connectivity index (χ2v) is 7.92. The molecule has 8 nitrogen and oxygen atoms in total. The molecule has 8 heteroatoms. The average Bonchev–Trinajstić information content (AvgIpc) is 3.50. The summed E-state index contributed by atoms with van der Waals surface area (Å²) in [5.41, 5.74) is 3.34. The van der Waals surface area contributed by atoms with Crippen LogP contribution in [0.3, 0.4) is 0 Å². The van der Waals surface area contributed by atoms with E-state index < -0.39 is 11.9 Å². The number of oxazole rings is 1. The fraction of sp³-hybridized carbons (Fsp3) is 0.308. The van der Waals surface area contributed by atoms with E-state index in [9.17, 15) is 9.90 Å². The summed E-state index contributed by atoms with van der Waals surface area (Å²) in [7, 11) is 1.60. The van der Waals surface area contributed by atoms with E-state index in [-0.39, 0.29) is 0 Å². The van der Waals surface area contributed by atoms with Crippen molar-refractivity contribution in [2.75, 3.05) is 20.3 Å². The van der Waals surface area contributed by atoms with Gasteiger partial charge in [0, 0.05) is 29.1 Å². The van der Waals surface area contributed by atoms with Gasteiger partial charge in [0.25, 0.3) is 0 Å². The summed E-state index contributed by atoms with van der Waals surface area (Å²) in [4.78, 5) is 18.9. The summed E-state index contributed by atoms with van der Waals surface area (Å²) in [5.74, 6) is 1.01. The van der Waals surface area contributed by atoms with Gasteiger partial charge in [0.05, 0.1) is 31.9 Å². The lowest BCUT2D eigenvalue weighted by Crippen LogP contribution is -2.07. The lowest BCUT2D eigenvalue weighted by Gasteiger charge is -2.12. The molecule has 0 radical (unpaired) electrons. The highest BCUT2D eigenvalue weighted by atomic mass is 16.5. The van der Waals surface area contributed by atoms with Crippen molar-refractivity contribution in [1.82, 2.24) is 9.97 Å². The number of fused-ring (bicyclic) bond motifs is 1. The van der Waals surface area contributed by atoms with Gasteiger partial charge >= 0.3 is 5.97 Å². The number of carboxylic acids is 1. The first-order chi connectivity index (χ1) is 16.5. The van der Waals surface area contributed by atoms with Gasteiger partial charge in [-0.05, 0) is 55.3 Å². The Morgan fingerprint density at radius 1 is 1.15 bits per heavy atom. The predicted molar refractivity (Wildman–Crippen MR) is 128 cm³/mol. The van der Waals surface area contributed by atoms with E-state index in [1.807, 2.05) is 43.3 Å². The number of carbonyl (C=O) groups is 1. The number of methoxy groups -OCH3 is 1. The van der Waals surface area contributed by atoms with Crippen molar-refractivity contribution in [1.29, 1.82) is 0 Å². The molecular formula is C26H28N2O6. The van der Waals surface area contributed by atoms with Crippen LogP contribution in [-0.2, 0) is 11.2 Å². The van der Waals surface area contributed by atoms with Crippen LogP contribution in [0.15, 0.2) is 53.3 Å². The number of ether oxygens (including phenoxy) is 3. The van der Waals surface area contributed by atoms with Gasteiger partial charge in [-0.15, -0.1) is 0 Å². The van der Waals surface area contributed by atoms with Crippen molar-refractivity contribution in [2.45, 2.75) is 32.6 Å². The fourth-order valence-corrected chi connectivity index (χ4v) is 3.66. The van der Waals surface area contributed by atoms with Gasteiger partial charge in [-0.25, -0.2) is 4.98 Å². The third-order valence-electron chi connectivity index (χ3n) is 5.66. The zero-order chi connectivity index (χ0) is 24.1. The summed E-state index contributed by atoms with van der Waals surface area (Å²) < 4.78 is 22.8. The summed E-state index contributed by atoms with van der Waals surface area (Å²) in [6.45, 7) is 4.60. The van der Waals surface area contributed by atoms with E-state index in [4.69, 9.17) is 18.6 Å². The molecule has 0 fully saturated rings. The Labute approximate surface area is 197 Å². The molecule has 0 aliphatic heterocycles. The van der Waals surface area contributed by atoms with Crippen molar-refractivity contribution in [3.63, 3.8) is 0 Å².